The zero-order valence-electron chi connectivity index (χ0n) is 14.0. The van der Waals surface area contributed by atoms with Crippen molar-refractivity contribution >= 4 is 23.3 Å². The minimum absolute atomic E-state index is 0.194. The van der Waals surface area contributed by atoms with E-state index in [0.717, 1.165) is 21.8 Å². The Morgan fingerprint density at radius 3 is 2.42 bits per heavy atom. The first-order valence-electron chi connectivity index (χ1n) is 8.36. The number of amides is 3. The third-order valence-electron chi connectivity index (χ3n) is 4.28. The Morgan fingerprint density at radius 2 is 1.69 bits per heavy atom. The lowest BCUT2D eigenvalue weighted by atomic mass is 10.1. The van der Waals surface area contributed by atoms with E-state index in [-0.39, 0.29) is 18.5 Å². The van der Waals surface area contributed by atoms with Gasteiger partial charge >= 0.3 is 6.03 Å². The Labute approximate surface area is 155 Å². The molecule has 0 radical (unpaired) electrons. The molecule has 0 bridgehead atoms. The van der Waals surface area contributed by atoms with Gasteiger partial charge in [0.15, 0.2) is 0 Å². The van der Waals surface area contributed by atoms with Crippen molar-refractivity contribution in [1.82, 2.24) is 15.2 Å². The van der Waals surface area contributed by atoms with Crippen molar-refractivity contribution in [3.63, 3.8) is 0 Å². The van der Waals surface area contributed by atoms with E-state index in [2.05, 4.69) is 10.3 Å². The molecule has 0 aliphatic carbocycles. The molecule has 1 fully saturated rings. The van der Waals surface area contributed by atoms with E-state index >= 15 is 0 Å². The predicted octanol–water partition coefficient (Wildman–Crippen LogP) is 3.47. The van der Waals surface area contributed by atoms with Crippen LogP contribution in [0.5, 0.6) is 0 Å². The fourth-order valence-corrected chi connectivity index (χ4v) is 3.79. The highest BCUT2D eigenvalue weighted by Gasteiger charge is 2.38. The lowest BCUT2D eigenvalue weighted by molar-refractivity contribution is -0.127. The van der Waals surface area contributed by atoms with Crippen molar-refractivity contribution in [2.24, 2.45) is 0 Å². The highest BCUT2D eigenvalue weighted by Crippen LogP contribution is 2.24. The fraction of sp³-hybridized carbons (Fsp3) is 0.150. The molecule has 1 N–H and O–H groups in total. The molecule has 130 valence electrons. The maximum atomic E-state index is 12.6. The van der Waals surface area contributed by atoms with Crippen molar-refractivity contribution < 1.29 is 9.59 Å². The van der Waals surface area contributed by atoms with Gasteiger partial charge in [-0.1, -0.05) is 60.7 Å². The molecule has 0 saturated carbocycles. The van der Waals surface area contributed by atoms with Crippen LogP contribution in [0.25, 0.3) is 10.6 Å². The van der Waals surface area contributed by atoms with Crippen molar-refractivity contribution in [2.75, 3.05) is 0 Å². The molecule has 4 rings (SSSR count). The van der Waals surface area contributed by atoms with Gasteiger partial charge in [0, 0.05) is 17.4 Å². The van der Waals surface area contributed by atoms with E-state index in [1.54, 1.807) is 0 Å². The number of benzene rings is 2. The van der Waals surface area contributed by atoms with Gasteiger partial charge in [-0.05, 0) is 5.56 Å². The Bertz CT molecular complexity index is 924. The Kier molecular flexibility index (Phi) is 4.50. The standard InChI is InChI=1S/C20H17N3O2S/c24-19-17(11-14-7-3-1-4-8-14)22-20(25)23(19)12-16-13-26-18(21-16)15-9-5-2-6-10-15/h1-10,13,17H,11-12H2,(H,22,25)/t17-/m1/s1. The molecule has 5 nitrogen and oxygen atoms in total. The number of urea groups is 1. The molecule has 0 unspecified atom stereocenters. The van der Waals surface area contributed by atoms with E-state index < -0.39 is 6.04 Å². The summed E-state index contributed by atoms with van der Waals surface area (Å²) in [5.74, 6) is -0.201. The zero-order valence-corrected chi connectivity index (χ0v) is 14.8. The summed E-state index contributed by atoms with van der Waals surface area (Å²) in [5, 5.41) is 5.55. The largest absolute Gasteiger partial charge is 0.325 e. The number of carbonyl (C=O) groups is 2. The van der Waals surface area contributed by atoms with E-state index in [1.807, 2.05) is 66.0 Å². The molecule has 2 aromatic carbocycles. The van der Waals surface area contributed by atoms with Gasteiger partial charge in [-0.2, -0.15) is 0 Å². The van der Waals surface area contributed by atoms with Crippen molar-refractivity contribution in [2.45, 2.75) is 19.0 Å². The predicted molar refractivity (Wildman–Crippen MR) is 101 cm³/mol. The number of thiazole rings is 1. The third kappa shape index (κ3) is 3.36. The van der Waals surface area contributed by atoms with Crippen LogP contribution in [0, 0.1) is 0 Å². The second-order valence-corrected chi connectivity index (χ2v) is 6.98. The molecule has 0 spiro atoms. The molecule has 2 heterocycles. The van der Waals surface area contributed by atoms with Crippen molar-refractivity contribution in [3.05, 3.63) is 77.3 Å². The van der Waals surface area contributed by atoms with Crippen LogP contribution in [0.3, 0.4) is 0 Å². The highest BCUT2D eigenvalue weighted by molar-refractivity contribution is 7.13. The van der Waals surface area contributed by atoms with Crippen molar-refractivity contribution in [3.8, 4) is 10.6 Å². The second-order valence-electron chi connectivity index (χ2n) is 6.13. The van der Waals surface area contributed by atoms with Gasteiger partial charge in [-0.25, -0.2) is 9.78 Å². The van der Waals surface area contributed by atoms with Gasteiger partial charge < -0.3 is 5.32 Å². The minimum atomic E-state index is -0.517. The number of nitrogens with zero attached hydrogens (tertiary/aromatic N) is 2. The van der Waals surface area contributed by atoms with Crippen LogP contribution in [-0.2, 0) is 17.8 Å². The number of carbonyl (C=O) groups excluding carboxylic acids is 2. The van der Waals surface area contributed by atoms with Crippen LogP contribution in [0.15, 0.2) is 66.0 Å². The van der Waals surface area contributed by atoms with E-state index in [1.165, 1.54) is 16.2 Å². The number of hydrogen-bond donors (Lipinski definition) is 1. The minimum Gasteiger partial charge on any atom is -0.325 e. The Morgan fingerprint density at radius 1 is 1.00 bits per heavy atom. The molecule has 1 atom stereocenters. The number of imide groups is 1. The summed E-state index contributed by atoms with van der Waals surface area (Å²) in [4.78, 5) is 30.7. The van der Waals surface area contributed by atoms with Gasteiger partial charge in [0.2, 0.25) is 0 Å². The summed E-state index contributed by atoms with van der Waals surface area (Å²) >= 11 is 1.51. The summed E-state index contributed by atoms with van der Waals surface area (Å²) in [6.45, 7) is 0.194. The smallest absolute Gasteiger partial charge is 0.325 e. The van der Waals surface area contributed by atoms with Crippen LogP contribution in [0.1, 0.15) is 11.3 Å². The van der Waals surface area contributed by atoms with Gasteiger partial charge in [0.25, 0.3) is 5.91 Å². The molecule has 3 amide bonds. The van der Waals surface area contributed by atoms with Gasteiger partial charge in [-0.3, -0.25) is 9.69 Å². The van der Waals surface area contributed by atoms with Crippen LogP contribution >= 0.6 is 11.3 Å². The second kappa shape index (κ2) is 7.09. The van der Waals surface area contributed by atoms with Gasteiger partial charge in [0.1, 0.15) is 11.0 Å². The number of hydrogen-bond acceptors (Lipinski definition) is 4. The average Bonchev–Trinajstić information content (AvgIpc) is 3.24. The van der Waals surface area contributed by atoms with Crippen molar-refractivity contribution in [1.29, 1.82) is 0 Å². The quantitative estimate of drug-likeness (QED) is 0.706. The first-order chi connectivity index (χ1) is 12.7. The molecule has 1 aliphatic rings. The third-order valence-corrected chi connectivity index (χ3v) is 5.22. The van der Waals surface area contributed by atoms with Crippen LogP contribution in [-0.4, -0.2) is 27.9 Å². The normalized spacial score (nSPS) is 16.8. The maximum Gasteiger partial charge on any atom is 0.325 e. The molecule has 1 saturated heterocycles. The van der Waals surface area contributed by atoms with Crippen LogP contribution in [0.2, 0.25) is 0 Å². The van der Waals surface area contributed by atoms with Gasteiger partial charge in [-0.15, -0.1) is 11.3 Å². The zero-order chi connectivity index (χ0) is 17.9. The summed E-state index contributed by atoms with van der Waals surface area (Å²) in [5.41, 5.74) is 2.77. The summed E-state index contributed by atoms with van der Waals surface area (Å²) in [6.07, 6.45) is 0.494. The summed E-state index contributed by atoms with van der Waals surface area (Å²) in [7, 11) is 0. The van der Waals surface area contributed by atoms with E-state index in [9.17, 15) is 9.59 Å². The Hall–Kier alpha value is -2.99. The molecular weight excluding hydrogens is 346 g/mol. The van der Waals surface area contributed by atoms with Gasteiger partial charge in [0.05, 0.1) is 12.2 Å². The number of nitrogens with one attached hydrogen (secondary N) is 1. The topological polar surface area (TPSA) is 62.3 Å². The molecule has 1 aliphatic heterocycles. The highest BCUT2D eigenvalue weighted by atomic mass is 32.1. The number of aromatic nitrogens is 1. The lowest BCUT2D eigenvalue weighted by Crippen LogP contribution is -2.32. The fourth-order valence-electron chi connectivity index (χ4n) is 2.97. The SMILES string of the molecule is O=C1N[C@H](Cc2ccccc2)C(=O)N1Cc1csc(-c2ccccc2)n1. The average molecular weight is 363 g/mol. The monoisotopic (exact) mass is 363 g/mol. The summed E-state index contributed by atoms with van der Waals surface area (Å²) in [6, 6.07) is 18.7. The first kappa shape index (κ1) is 16.5. The van der Waals surface area contributed by atoms with Crippen LogP contribution in [0.4, 0.5) is 4.79 Å². The van der Waals surface area contributed by atoms with E-state index in [4.69, 9.17) is 0 Å². The maximum absolute atomic E-state index is 12.6. The molecule has 3 aromatic rings. The summed E-state index contributed by atoms with van der Waals surface area (Å²) < 4.78 is 0. The molecule has 1 aromatic heterocycles. The molecule has 6 heteroatoms. The van der Waals surface area contributed by atoms with E-state index in [0.29, 0.717) is 6.42 Å². The molecule has 26 heavy (non-hydrogen) atoms. The van der Waals surface area contributed by atoms with Crippen LogP contribution < -0.4 is 5.32 Å². The first-order valence-corrected chi connectivity index (χ1v) is 9.24. The Balaban J connectivity index is 1.46. The lowest BCUT2D eigenvalue weighted by Gasteiger charge is -2.11. The molecular formula is C20H17N3O2S. The number of rotatable bonds is 5.